The Bertz CT molecular complexity index is 370. The van der Waals surface area contributed by atoms with E-state index in [0.717, 1.165) is 35.4 Å². The predicted molar refractivity (Wildman–Crippen MR) is 68.3 cm³/mol. The van der Waals surface area contributed by atoms with Gasteiger partial charge in [-0.3, -0.25) is 0 Å². The molecule has 0 spiro atoms. The molecule has 1 aromatic heterocycles. The van der Waals surface area contributed by atoms with Gasteiger partial charge in [-0.25, -0.2) is 9.97 Å². The lowest BCUT2D eigenvalue weighted by Crippen LogP contribution is -2.19. The Hall–Kier alpha value is -0.850. The van der Waals surface area contributed by atoms with Gasteiger partial charge >= 0.3 is 0 Å². The lowest BCUT2D eigenvalue weighted by Gasteiger charge is -2.21. The number of ether oxygens (including phenoxy) is 2. The van der Waals surface area contributed by atoms with E-state index in [1.807, 2.05) is 24.9 Å². The Morgan fingerprint density at radius 3 is 3.12 bits per heavy atom. The molecule has 1 fully saturated rings. The maximum Gasteiger partial charge on any atom is 0.160 e. The molecule has 1 aromatic rings. The fourth-order valence-corrected chi connectivity index (χ4v) is 2.49. The summed E-state index contributed by atoms with van der Waals surface area (Å²) in [5.41, 5.74) is 0.876. The smallest absolute Gasteiger partial charge is 0.160 e. The van der Waals surface area contributed by atoms with Crippen LogP contribution in [0.25, 0.3) is 0 Å². The van der Waals surface area contributed by atoms with Crippen molar-refractivity contribution < 1.29 is 9.47 Å². The second kappa shape index (κ2) is 6.18. The number of rotatable bonds is 4. The lowest BCUT2D eigenvalue weighted by molar-refractivity contribution is 0.0689. The molecule has 1 atom stereocenters. The van der Waals surface area contributed by atoms with Crippen LogP contribution in [0.15, 0.2) is 6.07 Å². The molecule has 1 N–H and O–H groups in total. The quantitative estimate of drug-likeness (QED) is 0.879. The van der Waals surface area contributed by atoms with Crippen molar-refractivity contribution in [3.05, 3.63) is 17.6 Å². The average Bonchev–Trinajstić information content (AvgIpc) is 2.40. The van der Waals surface area contributed by atoms with Crippen molar-refractivity contribution in [3.63, 3.8) is 0 Å². The number of nitrogens with one attached hydrogen (secondary N) is 1. The van der Waals surface area contributed by atoms with E-state index in [2.05, 4.69) is 15.3 Å². The SMILES string of the molecule is CNc1cc(COC)nc(C2CSCCO2)n1. The average molecular weight is 255 g/mol. The highest BCUT2D eigenvalue weighted by Crippen LogP contribution is 2.25. The van der Waals surface area contributed by atoms with E-state index in [4.69, 9.17) is 9.47 Å². The Labute approximate surface area is 105 Å². The van der Waals surface area contributed by atoms with Gasteiger partial charge in [0, 0.05) is 31.7 Å². The fourth-order valence-electron chi connectivity index (χ4n) is 1.65. The van der Waals surface area contributed by atoms with E-state index < -0.39 is 0 Å². The number of methoxy groups -OCH3 is 1. The van der Waals surface area contributed by atoms with Crippen LogP contribution in [-0.2, 0) is 16.1 Å². The first kappa shape index (κ1) is 12.6. The molecule has 0 bridgehead atoms. The van der Waals surface area contributed by atoms with E-state index in [9.17, 15) is 0 Å². The van der Waals surface area contributed by atoms with E-state index in [1.165, 1.54) is 0 Å². The summed E-state index contributed by atoms with van der Waals surface area (Å²) in [6, 6.07) is 1.89. The number of thioether (sulfide) groups is 1. The molecule has 94 valence electrons. The first-order chi connectivity index (χ1) is 8.33. The molecule has 1 saturated heterocycles. The van der Waals surface area contributed by atoms with Gasteiger partial charge < -0.3 is 14.8 Å². The number of hydrogen-bond donors (Lipinski definition) is 1. The molecule has 6 heteroatoms. The van der Waals surface area contributed by atoms with Crippen LogP contribution >= 0.6 is 11.8 Å². The molecule has 2 rings (SSSR count). The third kappa shape index (κ3) is 3.31. The zero-order chi connectivity index (χ0) is 12.1. The summed E-state index contributed by atoms with van der Waals surface area (Å²) >= 11 is 1.87. The van der Waals surface area contributed by atoms with Crippen molar-refractivity contribution >= 4 is 17.6 Å². The van der Waals surface area contributed by atoms with E-state index in [-0.39, 0.29) is 6.10 Å². The summed E-state index contributed by atoms with van der Waals surface area (Å²) in [7, 11) is 3.51. The predicted octanol–water partition coefficient (Wildman–Crippen LogP) is 1.47. The highest BCUT2D eigenvalue weighted by molar-refractivity contribution is 7.99. The normalized spacial score (nSPS) is 20.2. The highest BCUT2D eigenvalue weighted by Gasteiger charge is 2.20. The first-order valence-corrected chi connectivity index (χ1v) is 6.73. The number of nitrogens with zero attached hydrogens (tertiary/aromatic N) is 2. The number of aromatic nitrogens is 2. The minimum Gasteiger partial charge on any atom is -0.378 e. The summed E-state index contributed by atoms with van der Waals surface area (Å²) in [6.07, 6.45) is -0.00217. The molecule has 1 aliphatic heterocycles. The second-order valence-corrected chi connectivity index (χ2v) is 4.87. The summed E-state index contributed by atoms with van der Waals surface area (Å²) in [4.78, 5) is 8.92. The van der Waals surface area contributed by atoms with E-state index in [1.54, 1.807) is 7.11 Å². The summed E-state index contributed by atoms with van der Waals surface area (Å²) in [5, 5.41) is 3.04. The van der Waals surface area contributed by atoms with Gasteiger partial charge in [0.05, 0.1) is 18.9 Å². The van der Waals surface area contributed by atoms with Crippen LogP contribution in [0.5, 0.6) is 0 Å². The molecule has 0 amide bonds. The molecule has 2 heterocycles. The van der Waals surface area contributed by atoms with Gasteiger partial charge in [0.2, 0.25) is 0 Å². The Kier molecular flexibility index (Phi) is 4.58. The first-order valence-electron chi connectivity index (χ1n) is 5.57. The number of anilines is 1. The number of hydrogen-bond acceptors (Lipinski definition) is 6. The van der Waals surface area contributed by atoms with Crippen LogP contribution < -0.4 is 5.32 Å². The van der Waals surface area contributed by atoms with Crippen LogP contribution in [0.4, 0.5) is 5.82 Å². The van der Waals surface area contributed by atoms with Gasteiger partial charge in [0.15, 0.2) is 5.82 Å². The molecule has 5 nitrogen and oxygen atoms in total. The van der Waals surface area contributed by atoms with Crippen LogP contribution in [-0.4, -0.2) is 42.2 Å². The molecule has 0 aromatic carbocycles. The monoisotopic (exact) mass is 255 g/mol. The minimum absolute atomic E-state index is 0.00217. The standard InChI is InChI=1S/C11H17N3O2S/c1-12-10-5-8(6-15-2)13-11(14-10)9-7-17-4-3-16-9/h5,9H,3-4,6-7H2,1-2H3,(H,12,13,14). The van der Waals surface area contributed by atoms with Crippen LogP contribution in [0.2, 0.25) is 0 Å². The fraction of sp³-hybridized carbons (Fsp3) is 0.636. The molecule has 0 saturated carbocycles. The van der Waals surface area contributed by atoms with Gasteiger partial charge in [-0.2, -0.15) is 11.8 Å². The third-order valence-corrected chi connectivity index (χ3v) is 3.44. The van der Waals surface area contributed by atoms with Gasteiger partial charge in [-0.15, -0.1) is 0 Å². The molecule has 0 aliphatic carbocycles. The third-order valence-electron chi connectivity index (χ3n) is 2.45. The van der Waals surface area contributed by atoms with Crippen molar-refractivity contribution in [2.24, 2.45) is 0 Å². The molecule has 17 heavy (non-hydrogen) atoms. The topological polar surface area (TPSA) is 56.3 Å². The van der Waals surface area contributed by atoms with Gasteiger partial charge in [-0.1, -0.05) is 0 Å². The largest absolute Gasteiger partial charge is 0.378 e. The molecule has 1 unspecified atom stereocenters. The van der Waals surface area contributed by atoms with Gasteiger partial charge in [0.25, 0.3) is 0 Å². The Balaban J connectivity index is 2.21. The van der Waals surface area contributed by atoms with Crippen molar-refractivity contribution in [3.8, 4) is 0 Å². The zero-order valence-corrected chi connectivity index (χ0v) is 10.9. The van der Waals surface area contributed by atoms with Crippen LogP contribution in [0, 0.1) is 0 Å². The molecule has 1 aliphatic rings. The van der Waals surface area contributed by atoms with Crippen LogP contribution in [0.1, 0.15) is 17.6 Å². The van der Waals surface area contributed by atoms with Crippen molar-refractivity contribution in [1.82, 2.24) is 9.97 Å². The molecular formula is C11H17N3O2S. The van der Waals surface area contributed by atoms with E-state index in [0.29, 0.717) is 6.61 Å². The van der Waals surface area contributed by atoms with Crippen molar-refractivity contribution in [1.29, 1.82) is 0 Å². The zero-order valence-electron chi connectivity index (χ0n) is 10.1. The second-order valence-electron chi connectivity index (χ2n) is 3.72. The van der Waals surface area contributed by atoms with Crippen molar-refractivity contribution in [2.45, 2.75) is 12.7 Å². The molecular weight excluding hydrogens is 238 g/mol. The van der Waals surface area contributed by atoms with E-state index >= 15 is 0 Å². The van der Waals surface area contributed by atoms with Crippen molar-refractivity contribution in [2.75, 3.05) is 37.6 Å². The Morgan fingerprint density at radius 2 is 2.47 bits per heavy atom. The highest BCUT2D eigenvalue weighted by atomic mass is 32.2. The lowest BCUT2D eigenvalue weighted by atomic mass is 10.3. The van der Waals surface area contributed by atoms with Crippen LogP contribution in [0.3, 0.4) is 0 Å². The van der Waals surface area contributed by atoms with Gasteiger partial charge in [-0.05, 0) is 0 Å². The minimum atomic E-state index is -0.00217. The van der Waals surface area contributed by atoms with Gasteiger partial charge in [0.1, 0.15) is 11.9 Å². The summed E-state index contributed by atoms with van der Waals surface area (Å²) < 4.78 is 10.8. The maximum atomic E-state index is 5.68. The summed E-state index contributed by atoms with van der Waals surface area (Å²) in [5.74, 6) is 3.52. The molecule has 0 radical (unpaired) electrons. The maximum absolute atomic E-state index is 5.68. The Morgan fingerprint density at radius 1 is 1.59 bits per heavy atom. The summed E-state index contributed by atoms with van der Waals surface area (Å²) in [6.45, 7) is 1.26.